The van der Waals surface area contributed by atoms with E-state index in [1.807, 2.05) is 0 Å². The lowest BCUT2D eigenvalue weighted by Gasteiger charge is -2.31. The van der Waals surface area contributed by atoms with Gasteiger partial charge in [0.15, 0.2) is 0 Å². The van der Waals surface area contributed by atoms with Gasteiger partial charge in [-0.25, -0.2) is 0 Å². The molecule has 3 heteroatoms. The highest BCUT2D eigenvalue weighted by Gasteiger charge is 2.46. The first kappa shape index (κ1) is 11.9. The van der Waals surface area contributed by atoms with E-state index < -0.39 is 0 Å². The van der Waals surface area contributed by atoms with Crippen LogP contribution in [0, 0.1) is 5.92 Å². The van der Waals surface area contributed by atoms with Crippen LogP contribution in [0.4, 0.5) is 0 Å². The molecule has 0 aromatic heterocycles. The fourth-order valence-electron chi connectivity index (χ4n) is 3.32. The lowest BCUT2D eigenvalue weighted by molar-refractivity contribution is -0.149. The number of hydrogen-bond donors (Lipinski definition) is 1. The number of carbonyl (C=O) groups is 1. The van der Waals surface area contributed by atoms with Crippen molar-refractivity contribution in [2.24, 2.45) is 5.92 Å². The number of nitrogens with one attached hydrogen (secondary N) is 1. The first-order chi connectivity index (χ1) is 7.66. The maximum atomic E-state index is 12.0. The minimum atomic E-state index is -0.372. The highest BCUT2D eigenvalue weighted by atomic mass is 16.5. The van der Waals surface area contributed by atoms with E-state index in [0.717, 1.165) is 19.3 Å². The van der Waals surface area contributed by atoms with Crippen LogP contribution >= 0.6 is 0 Å². The fourth-order valence-corrected chi connectivity index (χ4v) is 3.32. The summed E-state index contributed by atoms with van der Waals surface area (Å²) in [5, 5.41) is 3.60. The van der Waals surface area contributed by atoms with Crippen molar-refractivity contribution in [1.82, 2.24) is 5.32 Å². The van der Waals surface area contributed by atoms with Gasteiger partial charge in [-0.15, -0.1) is 0 Å². The fraction of sp³-hybridized carbons (Fsp3) is 0.923. The third kappa shape index (κ3) is 2.24. The summed E-state index contributed by atoms with van der Waals surface area (Å²) >= 11 is 0. The first-order valence-corrected chi connectivity index (χ1v) is 6.52. The minimum absolute atomic E-state index is 0.0521. The summed E-state index contributed by atoms with van der Waals surface area (Å²) < 4.78 is 4.99. The van der Waals surface area contributed by atoms with Crippen molar-refractivity contribution in [3.8, 4) is 0 Å². The van der Waals surface area contributed by atoms with Gasteiger partial charge in [0.1, 0.15) is 5.54 Å². The molecule has 0 heterocycles. The van der Waals surface area contributed by atoms with Crippen LogP contribution in [-0.4, -0.2) is 24.7 Å². The monoisotopic (exact) mass is 225 g/mol. The van der Waals surface area contributed by atoms with Crippen LogP contribution in [0.1, 0.15) is 51.9 Å². The van der Waals surface area contributed by atoms with Crippen molar-refractivity contribution < 1.29 is 9.53 Å². The normalized spacial score (nSPS) is 35.5. The van der Waals surface area contributed by atoms with Gasteiger partial charge in [-0.05, 0) is 38.0 Å². The van der Waals surface area contributed by atoms with E-state index in [0.29, 0.717) is 12.0 Å². The molecule has 0 aromatic carbocycles. The molecule has 2 unspecified atom stereocenters. The zero-order valence-corrected chi connectivity index (χ0v) is 10.4. The van der Waals surface area contributed by atoms with Gasteiger partial charge in [-0.3, -0.25) is 10.1 Å². The zero-order valence-electron chi connectivity index (χ0n) is 10.4. The van der Waals surface area contributed by atoms with Gasteiger partial charge in [0.25, 0.3) is 0 Å². The molecule has 2 aliphatic rings. The predicted octanol–water partition coefficient (Wildman–Crippen LogP) is 2.25. The molecule has 0 aromatic rings. The number of ether oxygens (including phenoxy) is 1. The quantitative estimate of drug-likeness (QED) is 0.749. The molecule has 2 fully saturated rings. The summed E-state index contributed by atoms with van der Waals surface area (Å²) in [6.45, 7) is 2.22. The van der Waals surface area contributed by atoms with E-state index >= 15 is 0 Å². The summed E-state index contributed by atoms with van der Waals surface area (Å²) in [7, 11) is 1.50. The lowest BCUT2D eigenvalue weighted by atomic mass is 9.94. The van der Waals surface area contributed by atoms with Crippen molar-refractivity contribution in [3.63, 3.8) is 0 Å². The van der Waals surface area contributed by atoms with E-state index in [9.17, 15) is 4.79 Å². The largest absolute Gasteiger partial charge is 0.468 e. The molecule has 3 nitrogen and oxygen atoms in total. The molecule has 2 aliphatic carbocycles. The Morgan fingerprint density at radius 2 is 2.00 bits per heavy atom. The smallest absolute Gasteiger partial charge is 0.326 e. The van der Waals surface area contributed by atoms with Gasteiger partial charge in [0.2, 0.25) is 0 Å². The summed E-state index contributed by atoms with van der Waals surface area (Å²) in [5.74, 6) is 0.580. The lowest BCUT2D eigenvalue weighted by Crippen LogP contribution is -2.54. The molecular weight excluding hydrogens is 202 g/mol. The standard InChI is InChI=1S/C13H23NO2/c1-10-7-8-13(9-10,12(15)16-2)14-11-5-3-4-6-11/h10-11,14H,3-9H2,1-2H3. The highest BCUT2D eigenvalue weighted by molar-refractivity contribution is 5.81. The van der Waals surface area contributed by atoms with Crippen molar-refractivity contribution >= 4 is 5.97 Å². The second-order valence-corrected chi connectivity index (χ2v) is 5.55. The van der Waals surface area contributed by atoms with Gasteiger partial charge in [-0.1, -0.05) is 19.8 Å². The molecular formula is C13H23NO2. The predicted molar refractivity (Wildman–Crippen MR) is 63.2 cm³/mol. The van der Waals surface area contributed by atoms with Crippen molar-refractivity contribution in [2.75, 3.05) is 7.11 Å². The van der Waals surface area contributed by atoms with Crippen LogP contribution in [0.3, 0.4) is 0 Å². The molecule has 16 heavy (non-hydrogen) atoms. The van der Waals surface area contributed by atoms with Crippen LogP contribution < -0.4 is 5.32 Å². The zero-order chi connectivity index (χ0) is 11.6. The third-order valence-corrected chi connectivity index (χ3v) is 4.17. The molecule has 0 spiro atoms. The van der Waals surface area contributed by atoms with Gasteiger partial charge in [-0.2, -0.15) is 0 Å². The SMILES string of the molecule is COC(=O)C1(NC2CCCC2)CCC(C)C1. The van der Waals surface area contributed by atoms with E-state index in [1.165, 1.54) is 32.8 Å². The number of rotatable bonds is 3. The Balaban J connectivity index is 2.05. The highest BCUT2D eigenvalue weighted by Crippen LogP contribution is 2.37. The Hall–Kier alpha value is -0.570. The van der Waals surface area contributed by atoms with E-state index in [4.69, 9.17) is 4.74 Å². The van der Waals surface area contributed by atoms with Crippen LogP contribution in [0.5, 0.6) is 0 Å². The van der Waals surface area contributed by atoms with E-state index in [1.54, 1.807) is 0 Å². The molecule has 2 atom stereocenters. The van der Waals surface area contributed by atoms with Crippen LogP contribution in [0.15, 0.2) is 0 Å². The number of hydrogen-bond acceptors (Lipinski definition) is 3. The number of methoxy groups -OCH3 is 1. The Bertz CT molecular complexity index is 261. The Labute approximate surface area is 97.9 Å². The topological polar surface area (TPSA) is 38.3 Å². The first-order valence-electron chi connectivity index (χ1n) is 6.52. The van der Waals surface area contributed by atoms with Crippen molar-refractivity contribution in [1.29, 1.82) is 0 Å². The molecule has 2 saturated carbocycles. The number of carbonyl (C=O) groups excluding carboxylic acids is 1. The molecule has 0 saturated heterocycles. The van der Waals surface area contributed by atoms with Gasteiger partial charge in [0.05, 0.1) is 7.11 Å². The second-order valence-electron chi connectivity index (χ2n) is 5.55. The van der Waals surface area contributed by atoms with Crippen molar-refractivity contribution in [2.45, 2.75) is 63.5 Å². The molecule has 0 radical (unpaired) electrons. The van der Waals surface area contributed by atoms with Gasteiger partial charge >= 0.3 is 5.97 Å². The van der Waals surface area contributed by atoms with E-state index in [2.05, 4.69) is 12.2 Å². The molecule has 0 aliphatic heterocycles. The Kier molecular flexibility index (Phi) is 3.53. The number of esters is 1. The summed E-state index contributed by atoms with van der Waals surface area (Å²) in [6.07, 6.45) is 8.04. The van der Waals surface area contributed by atoms with Crippen LogP contribution in [-0.2, 0) is 9.53 Å². The minimum Gasteiger partial charge on any atom is -0.468 e. The molecule has 1 N–H and O–H groups in total. The van der Waals surface area contributed by atoms with Gasteiger partial charge in [0, 0.05) is 6.04 Å². The summed E-state index contributed by atoms with van der Waals surface area (Å²) in [5.41, 5.74) is -0.372. The Morgan fingerprint density at radius 1 is 1.31 bits per heavy atom. The van der Waals surface area contributed by atoms with Crippen LogP contribution in [0.2, 0.25) is 0 Å². The second kappa shape index (κ2) is 4.74. The van der Waals surface area contributed by atoms with Gasteiger partial charge < -0.3 is 4.74 Å². The Morgan fingerprint density at radius 3 is 2.50 bits per heavy atom. The average molecular weight is 225 g/mol. The molecule has 92 valence electrons. The van der Waals surface area contributed by atoms with Crippen molar-refractivity contribution in [3.05, 3.63) is 0 Å². The maximum absolute atomic E-state index is 12.0. The molecule has 0 bridgehead atoms. The molecule has 2 rings (SSSR count). The maximum Gasteiger partial charge on any atom is 0.326 e. The van der Waals surface area contributed by atoms with E-state index in [-0.39, 0.29) is 11.5 Å². The third-order valence-electron chi connectivity index (χ3n) is 4.17. The van der Waals surface area contributed by atoms with Crippen LogP contribution in [0.25, 0.3) is 0 Å². The average Bonchev–Trinajstić information content (AvgIpc) is 2.89. The summed E-state index contributed by atoms with van der Waals surface area (Å²) in [4.78, 5) is 12.0. The molecule has 0 amide bonds. The summed E-state index contributed by atoms with van der Waals surface area (Å²) in [6, 6.07) is 0.532.